The number of hydrogen-bond acceptors (Lipinski definition) is 4. The first kappa shape index (κ1) is 17.2. The standard InChI is InChI=1S/C14H31N5O/c1-5-18-6-8-19(9-7-18)13(3)10-16-14(15)17-12(2)11-20-4/h12-13H,5-11H2,1-4H3,(H3,15,16,17). The van der Waals surface area contributed by atoms with Crippen LogP contribution in [0.1, 0.15) is 20.8 Å². The predicted molar refractivity (Wildman–Crippen MR) is 84.1 cm³/mol. The van der Waals surface area contributed by atoms with E-state index in [0.29, 0.717) is 18.6 Å². The topological polar surface area (TPSA) is 66.1 Å². The lowest BCUT2D eigenvalue weighted by Gasteiger charge is -2.37. The summed E-state index contributed by atoms with van der Waals surface area (Å²) in [6.07, 6.45) is 0. The Labute approximate surface area is 123 Å². The summed E-state index contributed by atoms with van der Waals surface area (Å²) in [6, 6.07) is 0.624. The Bertz CT molecular complexity index is 289. The van der Waals surface area contributed by atoms with Crippen LogP contribution in [0.15, 0.2) is 4.99 Å². The summed E-state index contributed by atoms with van der Waals surface area (Å²) in [5.74, 6) is 0.508. The van der Waals surface area contributed by atoms with Crippen LogP contribution in [-0.4, -0.2) is 80.8 Å². The second kappa shape index (κ2) is 9.15. The normalized spacial score (nSPS) is 21.7. The van der Waals surface area contributed by atoms with Crippen molar-refractivity contribution in [3.8, 4) is 0 Å². The third-order valence-electron chi connectivity index (χ3n) is 3.81. The first-order valence-corrected chi connectivity index (χ1v) is 7.58. The average molecular weight is 285 g/mol. The molecule has 1 aliphatic rings. The maximum atomic E-state index is 5.88. The first-order valence-electron chi connectivity index (χ1n) is 7.58. The van der Waals surface area contributed by atoms with Crippen LogP contribution in [0.2, 0.25) is 0 Å². The molecule has 20 heavy (non-hydrogen) atoms. The fourth-order valence-corrected chi connectivity index (χ4v) is 2.46. The van der Waals surface area contributed by atoms with E-state index in [-0.39, 0.29) is 6.04 Å². The largest absolute Gasteiger partial charge is 0.383 e. The molecule has 2 unspecified atom stereocenters. The van der Waals surface area contributed by atoms with Gasteiger partial charge in [0.25, 0.3) is 0 Å². The van der Waals surface area contributed by atoms with E-state index in [2.05, 4.69) is 34.0 Å². The minimum Gasteiger partial charge on any atom is -0.383 e. The van der Waals surface area contributed by atoms with Crippen molar-refractivity contribution in [3.05, 3.63) is 0 Å². The van der Waals surface area contributed by atoms with Crippen LogP contribution >= 0.6 is 0 Å². The number of nitrogens with two attached hydrogens (primary N) is 1. The van der Waals surface area contributed by atoms with Crippen LogP contribution in [-0.2, 0) is 4.74 Å². The van der Waals surface area contributed by atoms with E-state index >= 15 is 0 Å². The van der Waals surface area contributed by atoms with Gasteiger partial charge in [-0.05, 0) is 20.4 Å². The van der Waals surface area contributed by atoms with Gasteiger partial charge in [0, 0.05) is 45.4 Å². The third kappa shape index (κ3) is 6.07. The van der Waals surface area contributed by atoms with Gasteiger partial charge in [0.2, 0.25) is 0 Å². The molecule has 0 aromatic carbocycles. The van der Waals surface area contributed by atoms with Gasteiger partial charge >= 0.3 is 0 Å². The summed E-state index contributed by atoms with van der Waals surface area (Å²) in [5.41, 5.74) is 5.88. The Kier molecular flexibility index (Phi) is 7.87. The molecule has 0 amide bonds. The van der Waals surface area contributed by atoms with Crippen LogP contribution in [0.4, 0.5) is 0 Å². The van der Waals surface area contributed by atoms with Gasteiger partial charge in [0.15, 0.2) is 5.96 Å². The van der Waals surface area contributed by atoms with Crippen LogP contribution in [0.25, 0.3) is 0 Å². The quantitative estimate of drug-likeness (QED) is 0.507. The minimum atomic E-state index is 0.187. The molecule has 0 bridgehead atoms. The zero-order chi connectivity index (χ0) is 15.0. The molecule has 0 saturated carbocycles. The summed E-state index contributed by atoms with van der Waals surface area (Å²) in [4.78, 5) is 9.40. The Morgan fingerprint density at radius 1 is 1.30 bits per heavy atom. The van der Waals surface area contributed by atoms with Crippen LogP contribution < -0.4 is 11.1 Å². The molecular weight excluding hydrogens is 254 g/mol. The number of guanidine groups is 1. The Morgan fingerprint density at radius 2 is 1.95 bits per heavy atom. The molecule has 1 aliphatic heterocycles. The molecule has 0 aromatic heterocycles. The highest BCUT2D eigenvalue weighted by molar-refractivity contribution is 5.78. The molecule has 6 nitrogen and oxygen atoms in total. The lowest BCUT2D eigenvalue weighted by Crippen LogP contribution is -2.50. The van der Waals surface area contributed by atoms with E-state index in [1.807, 2.05) is 6.92 Å². The van der Waals surface area contributed by atoms with Gasteiger partial charge in [-0.1, -0.05) is 6.92 Å². The molecule has 0 radical (unpaired) electrons. The molecule has 3 N–H and O–H groups in total. The number of nitrogens with one attached hydrogen (secondary N) is 1. The summed E-state index contributed by atoms with van der Waals surface area (Å²) in [7, 11) is 1.68. The molecule has 0 aromatic rings. The molecule has 1 fully saturated rings. The van der Waals surface area contributed by atoms with E-state index in [1.54, 1.807) is 7.11 Å². The van der Waals surface area contributed by atoms with Gasteiger partial charge in [0.1, 0.15) is 0 Å². The molecule has 1 saturated heterocycles. The van der Waals surface area contributed by atoms with Crippen LogP contribution in [0.3, 0.4) is 0 Å². The average Bonchev–Trinajstić information content (AvgIpc) is 2.45. The minimum absolute atomic E-state index is 0.187. The fraction of sp³-hybridized carbons (Fsp3) is 0.929. The molecule has 0 spiro atoms. The highest BCUT2D eigenvalue weighted by Crippen LogP contribution is 2.06. The number of rotatable bonds is 7. The number of aliphatic imine (C=N–C) groups is 1. The van der Waals surface area contributed by atoms with Crippen LogP contribution in [0.5, 0.6) is 0 Å². The highest BCUT2D eigenvalue weighted by Gasteiger charge is 2.19. The van der Waals surface area contributed by atoms with Crippen molar-refractivity contribution in [2.24, 2.45) is 10.7 Å². The number of nitrogens with zero attached hydrogens (tertiary/aromatic N) is 3. The number of ether oxygens (including phenoxy) is 1. The second-order valence-electron chi connectivity index (χ2n) is 5.55. The third-order valence-corrected chi connectivity index (χ3v) is 3.81. The van der Waals surface area contributed by atoms with E-state index in [0.717, 1.165) is 39.3 Å². The smallest absolute Gasteiger partial charge is 0.188 e. The van der Waals surface area contributed by atoms with Crippen molar-refractivity contribution in [2.45, 2.75) is 32.9 Å². The van der Waals surface area contributed by atoms with Crippen LogP contribution in [0, 0.1) is 0 Å². The van der Waals surface area contributed by atoms with Crippen molar-refractivity contribution >= 4 is 5.96 Å². The molecule has 1 rings (SSSR count). The first-order chi connectivity index (χ1) is 9.56. The summed E-state index contributed by atoms with van der Waals surface area (Å²) >= 11 is 0. The zero-order valence-electron chi connectivity index (χ0n) is 13.4. The Morgan fingerprint density at radius 3 is 2.50 bits per heavy atom. The molecular formula is C14H31N5O. The van der Waals surface area contributed by atoms with E-state index in [9.17, 15) is 0 Å². The van der Waals surface area contributed by atoms with E-state index < -0.39 is 0 Å². The van der Waals surface area contributed by atoms with Crippen molar-refractivity contribution in [2.75, 3.05) is 53.0 Å². The SMILES string of the molecule is CCN1CCN(C(C)CN=C(N)NC(C)COC)CC1. The second-order valence-corrected chi connectivity index (χ2v) is 5.55. The summed E-state index contributed by atoms with van der Waals surface area (Å²) in [6.45, 7) is 13.5. The maximum Gasteiger partial charge on any atom is 0.188 e. The number of methoxy groups -OCH3 is 1. The number of likely N-dealkylation sites (N-methyl/N-ethyl adjacent to an activating group) is 1. The van der Waals surface area contributed by atoms with Crippen molar-refractivity contribution in [1.82, 2.24) is 15.1 Å². The number of piperazine rings is 1. The van der Waals surface area contributed by atoms with Gasteiger partial charge in [0.05, 0.1) is 13.2 Å². The summed E-state index contributed by atoms with van der Waals surface area (Å²) < 4.78 is 5.06. The fourth-order valence-electron chi connectivity index (χ4n) is 2.46. The van der Waals surface area contributed by atoms with Crippen molar-refractivity contribution < 1.29 is 4.74 Å². The zero-order valence-corrected chi connectivity index (χ0v) is 13.4. The van der Waals surface area contributed by atoms with Gasteiger partial charge in [-0.15, -0.1) is 0 Å². The molecule has 2 atom stereocenters. The van der Waals surface area contributed by atoms with Gasteiger partial charge < -0.3 is 20.7 Å². The molecule has 6 heteroatoms. The lowest BCUT2D eigenvalue weighted by molar-refractivity contribution is 0.109. The van der Waals surface area contributed by atoms with Crippen molar-refractivity contribution in [3.63, 3.8) is 0 Å². The maximum absolute atomic E-state index is 5.88. The predicted octanol–water partition coefficient (Wildman–Crippen LogP) is -0.0484. The van der Waals surface area contributed by atoms with Crippen molar-refractivity contribution in [1.29, 1.82) is 0 Å². The van der Waals surface area contributed by atoms with Gasteiger partial charge in [-0.2, -0.15) is 0 Å². The van der Waals surface area contributed by atoms with E-state index in [4.69, 9.17) is 10.5 Å². The highest BCUT2D eigenvalue weighted by atomic mass is 16.5. The van der Waals surface area contributed by atoms with E-state index in [1.165, 1.54) is 0 Å². The van der Waals surface area contributed by atoms with Gasteiger partial charge in [-0.25, -0.2) is 0 Å². The molecule has 0 aliphatic carbocycles. The number of hydrogen-bond donors (Lipinski definition) is 2. The Balaban J connectivity index is 2.29. The summed E-state index contributed by atoms with van der Waals surface area (Å²) in [5, 5.41) is 3.13. The molecule has 118 valence electrons. The Hall–Kier alpha value is -0.850. The molecule has 1 heterocycles. The monoisotopic (exact) mass is 285 g/mol. The lowest BCUT2D eigenvalue weighted by atomic mass is 10.2. The van der Waals surface area contributed by atoms with Gasteiger partial charge in [-0.3, -0.25) is 9.89 Å².